The molecule has 0 amide bonds. The number of nitrogens with zero attached hydrogens (tertiary/aromatic N) is 2. The van der Waals surface area contributed by atoms with E-state index in [1.807, 2.05) is 12.1 Å². The minimum atomic E-state index is 0.645. The van der Waals surface area contributed by atoms with Crippen molar-refractivity contribution in [1.82, 2.24) is 9.80 Å². The van der Waals surface area contributed by atoms with Crippen molar-refractivity contribution in [2.45, 2.75) is 6.54 Å². The fourth-order valence-corrected chi connectivity index (χ4v) is 3.08. The molecule has 0 atom stereocenters. The summed E-state index contributed by atoms with van der Waals surface area (Å²) in [7, 11) is 0. The fraction of sp³-hybridized carbons (Fsp3) is 0.538. The van der Waals surface area contributed by atoms with Crippen molar-refractivity contribution in [1.29, 1.82) is 0 Å². The van der Waals surface area contributed by atoms with Gasteiger partial charge in [0.05, 0.1) is 10.0 Å². The summed E-state index contributed by atoms with van der Waals surface area (Å²) in [5.41, 5.74) is 1.12. The molecule has 1 heterocycles. The highest BCUT2D eigenvalue weighted by molar-refractivity contribution is 9.09. The third kappa shape index (κ3) is 3.84. The molecule has 1 saturated heterocycles. The van der Waals surface area contributed by atoms with Gasteiger partial charge in [-0.05, 0) is 11.6 Å². The highest BCUT2D eigenvalue weighted by Crippen LogP contribution is 2.26. The molecule has 0 aliphatic carbocycles. The summed E-state index contributed by atoms with van der Waals surface area (Å²) in [5.74, 6) is 0. The standard InChI is InChI=1S/C13H17BrCl2N2/c14-4-5-17-6-8-18(9-7-17)10-11-2-1-3-12(15)13(11)16/h1-3H,4-10H2. The van der Waals surface area contributed by atoms with Gasteiger partial charge < -0.3 is 0 Å². The van der Waals surface area contributed by atoms with Gasteiger partial charge in [0.2, 0.25) is 0 Å². The summed E-state index contributed by atoms with van der Waals surface area (Å²) in [6.45, 7) is 6.46. The van der Waals surface area contributed by atoms with Crippen LogP contribution in [0.1, 0.15) is 5.56 Å². The van der Waals surface area contributed by atoms with Crippen LogP contribution in [0, 0.1) is 0 Å². The number of piperazine rings is 1. The van der Waals surface area contributed by atoms with E-state index in [2.05, 4.69) is 31.8 Å². The van der Waals surface area contributed by atoms with E-state index in [1.165, 1.54) is 0 Å². The maximum atomic E-state index is 6.22. The molecule has 1 aliphatic rings. The van der Waals surface area contributed by atoms with Gasteiger partial charge in [0.15, 0.2) is 0 Å². The number of benzene rings is 1. The summed E-state index contributed by atoms with van der Waals surface area (Å²) < 4.78 is 0. The van der Waals surface area contributed by atoms with Crippen LogP contribution in [-0.4, -0.2) is 47.9 Å². The first-order valence-electron chi connectivity index (χ1n) is 6.14. The molecule has 0 radical (unpaired) electrons. The molecule has 1 aromatic carbocycles. The van der Waals surface area contributed by atoms with Gasteiger partial charge in [-0.3, -0.25) is 9.80 Å². The second kappa shape index (κ2) is 7.11. The summed E-state index contributed by atoms with van der Waals surface area (Å²) in [6.07, 6.45) is 0. The number of hydrogen-bond donors (Lipinski definition) is 0. The smallest absolute Gasteiger partial charge is 0.0637 e. The molecule has 0 saturated carbocycles. The van der Waals surface area contributed by atoms with Gasteiger partial charge in [-0.2, -0.15) is 0 Å². The molecule has 5 heteroatoms. The Hall–Kier alpha value is 0.200. The van der Waals surface area contributed by atoms with Crippen LogP contribution in [0.2, 0.25) is 10.0 Å². The van der Waals surface area contributed by atoms with Gasteiger partial charge in [0.25, 0.3) is 0 Å². The fourth-order valence-electron chi connectivity index (χ4n) is 2.20. The number of halogens is 3. The molecule has 18 heavy (non-hydrogen) atoms. The van der Waals surface area contributed by atoms with Crippen LogP contribution in [0.15, 0.2) is 18.2 Å². The third-order valence-corrected chi connectivity index (χ3v) is 4.50. The first-order chi connectivity index (χ1) is 8.70. The van der Waals surface area contributed by atoms with E-state index in [0.29, 0.717) is 10.0 Å². The van der Waals surface area contributed by atoms with Gasteiger partial charge >= 0.3 is 0 Å². The van der Waals surface area contributed by atoms with E-state index in [1.54, 1.807) is 0 Å². The zero-order valence-corrected chi connectivity index (χ0v) is 13.3. The number of hydrogen-bond acceptors (Lipinski definition) is 2. The van der Waals surface area contributed by atoms with Crippen LogP contribution >= 0.6 is 39.1 Å². The Labute approximate surface area is 127 Å². The molecular formula is C13H17BrCl2N2. The first-order valence-corrected chi connectivity index (χ1v) is 8.02. The predicted molar refractivity (Wildman–Crippen MR) is 82.0 cm³/mol. The van der Waals surface area contributed by atoms with Crippen LogP contribution in [0.5, 0.6) is 0 Å². The molecule has 1 fully saturated rings. The van der Waals surface area contributed by atoms with Crippen LogP contribution in [0.4, 0.5) is 0 Å². The van der Waals surface area contributed by atoms with Gasteiger partial charge in [-0.25, -0.2) is 0 Å². The molecule has 100 valence electrons. The van der Waals surface area contributed by atoms with Crippen molar-refractivity contribution in [3.05, 3.63) is 33.8 Å². The SMILES string of the molecule is Clc1cccc(CN2CCN(CCBr)CC2)c1Cl. The lowest BCUT2D eigenvalue weighted by atomic mass is 10.2. The number of rotatable bonds is 4. The van der Waals surface area contributed by atoms with Crippen LogP contribution in [-0.2, 0) is 6.54 Å². The molecular weight excluding hydrogens is 335 g/mol. The second-order valence-electron chi connectivity index (χ2n) is 4.52. The Kier molecular flexibility index (Phi) is 5.77. The van der Waals surface area contributed by atoms with Crippen molar-refractivity contribution in [3.8, 4) is 0 Å². The molecule has 0 spiro atoms. The molecule has 0 N–H and O–H groups in total. The summed E-state index contributed by atoms with van der Waals surface area (Å²) >= 11 is 15.7. The summed E-state index contributed by atoms with van der Waals surface area (Å²) in [6, 6.07) is 5.85. The minimum Gasteiger partial charge on any atom is -0.300 e. The van der Waals surface area contributed by atoms with Gasteiger partial charge in [0.1, 0.15) is 0 Å². The van der Waals surface area contributed by atoms with E-state index in [0.717, 1.165) is 50.2 Å². The first kappa shape index (κ1) is 14.6. The van der Waals surface area contributed by atoms with E-state index < -0.39 is 0 Å². The molecule has 0 unspecified atom stereocenters. The van der Waals surface area contributed by atoms with Gasteiger partial charge in [-0.1, -0.05) is 51.3 Å². The second-order valence-corrected chi connectivity index (χ2v) is 6.10. The van der Waals surface area contributed by atoms with Gasteiger partial charge in [-0.15, -0.1) is 0 Å². The molecule has 0 aromatic heterocycles. The summed E-state index contributed by atoms with van der Waals surface area (Å²) in [4.78, 5) is 4.91. The van der Waals surface area contributed by atoms with Crippen molar-refractivity contribution in [2.24, 2.45) is 0 Å². The Morgan fingerprint density at radius 3 is 2.39 bits per heavy atom. The van der Waals surface area contributed by atoms with Crippen molar-refractivity contribution >= 4 is 39.1 Å². The van der Waals surface area contributed by atoms with Crippen LogP contribution < -0.4 is 0 Å². The Bertz CT molecular complexity index is 393. The monoisotopic (exact) mass is 350 g/mol. The summed E-state index contributed by atoms with van der Waals surface area (Å²) in [5, 5.41) is 2.39. The van der Waals surface area contributed by atoms with E-state index >= 15 is 0 Å². The van der Waals surface area contributed by atoms with Crippen LogP contribution in [0.3, 0.4) is 0 Å². The van der Waals surface area contributed by atoms with Crippen molar-refractivity contribution in [3.63, 3.8) is 0 Å². The lowest BCUT2D eigenvalue weighted by Crippen LogP contribution is -2.46. The largest absolute Gasteiger partial charge is 0.300 e. The third-order valence-electron chi connectivity index (χ3n) is 3.29. The average molecular weight is 352 g/mol. The molecule has 1 aromatic rings. The zero-order valence-electron chi connectivity index (χ0n) is 10.2. The highest BCUT2D eigenvalue weighted by atomic mass is 79.9. The maximum Gasteiger partial charge on any atom is 0.0637 e. The lowest BCUT2D eigenvalue weighted by Gasteiger charge is -2.34. The Balaban J connectivity index is 1.90. The average Bonchev–Trinajstić information content (AvgIpc) is 2.38. The predicted octanol–water partition coefficient (Wildman–Crippen LogP) is 3.51. The van der Waals surface area contributed by atoms with Crippen LogP contribution in [0.25, 0.3) is 0 Å². The quantitative estimate of drug-likeness (QED) is 0.766. The molecule has 1 aliphatic heterocycles. The van der Waals surface area contributed by atoms with Gasteiger partial charge in [0, 0.05) is 44.6 Å². The highest BCUT2D eigenvalue weighted by Gasteiger charge is 2.17. The normalized spacial score (nSPS) is 18.2. The zero-order chi connectivity index (χ0) is 13.0. The molecule has 0 bridgehead atoms. The van der Waals surface area contributed by atoms with Crippen molar-refractivity contribution < 1.29 is 0 Å². The van der Waals surface area contributed by atoms with E-state index in [9.17, 15) is 0 Å². The minimum absolute atomic E-state index is 0.645. The number of alkyl halides is 1. The molecule has 2 nitrogen and oxygen atoms in total. The van der Waals surface area contributed by atoms with E-state index in [4.69, 9.17) is 23.2 Å². The topological polar surface area (TPSA) is 6.48 Å². The lowest BCUT2D eigenvalue weighted by molar-refractivity contribution is 0.133. The maximum absolute atomic E-state index is 6.22. The van der Waals surface area contributed by atoms with Crippen molar-refractivity contribution in [2.75, 3.05) is 38.1 Å². The Morgan fingerprint density at radius 2 is 1.72 bits per heavy atom. The van der Waals surface area contributed by atoms with E-state index in [-0.39, 0.29) is 0 Å². The Morgan fingerprint density at radius 1 is 1.06 bits per heavy atom. The molecule has 2 rings (SSSR count).